The normalized spacial score (nSPS) is 16.0. The molecule has 0 amide bonds. The van der Waals surface area contributed by atoms with Gasteiger partial charge in [0, 0.05) is 18.3 Å². The SMILES string of the molecule is CCC(C)(C)CC(CC(=O)[C@@H](C)C(C)(C)C)C(C)=O. The van der Waals surface area contributed by atoms with Gasteiger partial charge in [-0.1, -0.05) is 54.9 Å². The van der Waals surface area contributed by atoms with Crippen LogP contribution in [0.4, 0.5) is 0 Å². The van der Waals surface area contributed by atoms with Crippen LogP contribution in [0.15, 0.2) is 0 Å². The van der Waals surface area contributed by atoms with Crippen LogP contribution >= 0.6 is 0 Å². The second-order valence-corrected chi connectivity index (χ2v) is 7.79. The van der Waals surface area contributed by atoms with Gasteiger partial charge in [-0.2, -0.15) is 0 Å². The average molecular weight is 268 g/mol. The Balaban J connectivity index is 4.79. The predicted molar refractivity (Wildman–Crippen MR) is 81.1 cm³/mol. The summed E-state index contributed by atoms with van der Waals surface area (Å²) >= 11 is 0. The first-order chi connectivity index (χ1) is 8.40. The maximum Gasteiger partial charge on any atom is 0.136 e. The molecule has 0 rings (SSSR count). The first-order valence-corrected chi connectivity index (χ1v) is 7.44. The van der Waals surface area contributed by atoms with Gasteiger partial charge in [0.2, 0.25) is 0 Å². The van der Waals surface area contributed by atoms with Crippen molar-refractivity contribution in [1.82, 2.24) is 0 Å². The van der Waals surface area contributed by atoms with Crippen molar-refractivity contribution in [3.8, 4) is 0 Å². The fourth-order valence-electron chi connectivity index (χ4n) is 2.07. The summed E-state index contributed by atoms with van der Waals surface area (Å²) < 4.78 is 0. The topological polar surface area (TPSA) is 34.1 Å². The summed E-state index contributed by atoms with van der Waals surface area (Å²) in [5.41, 5.74) is 0.0975. The van der Waals surface area contributed by atoms with Gasteiger partial charge in [0.15, 0.2) is 0 Å². The lowest BCUT2D eigenvalue weighted by atomic mass is 9.73. The largest absolute Gasteiger partial charge is 0.300 e. The molecular formula is C17H32O2. The summed E-state index contributed by atoms with van der Waals surface area (Å²) in [6.45, 7) is 16.3. The smallest absolute Gasteiger partial charge is 0.136 e. The minimum Gasteiger partial charge on any atom is -0.300 e. The van der Waals surface area contributed by atoms with E-state index in [1.807, 2.05) is 6.92 Å². The quantitative estimate of drug-likeness (QED) is 0.673. The van der Waals surface area contributed by atoms with Crippen LogP contribution < -0.4 is 0 Å². The van der Waals surface area contributed by atoms with E-state index in [0.29, 0.717) is 6.42 Å². The Kier molecular flexibility index (Phi) is 6.44. The van der Waals surface area contributed by atoms with Crippen LogP contribution in [0.3, 0.4) is 0 Å². The lowest BCUT2D eigenvalue weighted by Crippen LogP contribution is -2.30. The van der Waals surface area contributed by atoms with E-state index in [9.17, 15) is 9.59 Å². The molecular weight excluding hydrogens is 236 g/mol. The molecule has 2 atom stereocenters. The molecule has 2 nitrogen and oxygen atoms in total. The molecule has 0 aliphatic carbocycles. The Morgan fingerprint density at radius 1 is 1.05 bits per heavy atom. The lowest BCUT2D eigenvalue weighted by Gasteiger charge is -2.30. The van der Waals surface area contributed by atoms with Gasteiger partial charge < -0.3 is 0 Å². The highest BCUT2D eigenvalue weighted by atomic mass is 16.1. The molecule has 0 aromatic rings. The number of carbonyl (C=O) groups excluding carboxylic acids is 2. The van der Waals surface area contributed by atoms with E-state index in [1.165, 1.54) is 0 Å². The van der Waals surface area contributed by atoms with Crippen LogP contribution in [0, 0.1) is 22.7 Å². The van der Waals surface area contributed by atoms with Crippen LogP contribution in [-0.4, -0.2) is 11.6 Å². The molecule has 0 radical (unpaired) electrons. The first-order valence-electron chi connectivity index (χ1n) is 7.44. The molecule has 0 aromatic heterocycles. The second kappa shape index (κ2) is 6.67. The van der Waals surface area contributed by atoms with Crippen molar-refractivity contribution >= 4 is 11.6 Å². The Hall–Kier alpha value is -0.660. The molecule has 0 saturated heterocycles. The van der Waals surface area contributed by atoms with Crippen LogP contribution in [0.1, 0.15) is 74.7 Å². The van der Waals surface area contributed by atoms with Gasteiger partial charge in [0.1, 0.15) is 11.6 Å². The zero-order chi connectivity index (χ0) is 15.4. The second-order valence-electron chi connectivity index (χ2n) is 7.79. The van der Waals surface area contributed by atoms with Gasteiger partial charge >= 0.3 is 0 Å². The highest BCUT2D eigenvalue weighted by Gasteiger charge is 2.31. The van der Waals surface area contributed by atoms with E-state index < -0.39 is 0 Å². The summed E-state index contributed by atoms with van der Waals surface area (Å²) in [5, 5.41) is 0. The standard InChI is InChI=1S/C17H32O2/c1-9-17(7,8)11-14(13(3)18)10-15(19)12(2)16(4,5)6/h12,14H,9-11H2,1-8H3/t12-,14?/m1/s1. The molecule has 0 aliphatic rings. The van der Waals surface area contributed by atoms with Crippen LogP contribution in [0.25, 0.3) is 0 Å². The van der Waals surface area contributed by atoms with E-state index >= 15 is 0 Å². The summed E-state index contributed by atoms with van der Waals surface area (Å²) in [6, 6.07) is 0. The number of rotatable bonds is 7. The van der Waals surface area contributed by atoms with E-state index in [0.717, 1.165) is 12.8 Å². The van der Waals surface area contributed by atoms with E-state index in [1.54, 1.807) is 6.92 Å². The van der Waals surface area contributed by atoms with Crippen LogP contribution in [-0.2, 0) is 9.59 Å². The van der Waals surface area contributed by atoms with Gasteiger partial charge in [-0.15, -0.1) is 0 Å². The maximum absolute atomic E-state index is 12.3. The Morgan fingerprint density at radius 2 is 1.53 bits per heavy atom. The van der Waals surface area contributed by atoms with E-state index in [2.05, 4.69) is 41.5 Å². The van der Waals surface area contributed by atoms with Gasteiger partial charge in [0.05, 0.1) is 0 Å². The van der Waals surface area contributed by atoms with Crippen LogP contribution in [0.5, 0.6) is 0 Å². The molecule has 0 N–H and O–H groups in total. The number of ketones is 2. The van der Waals surface area contributed by atoms with E-state index in [4.69, 9.17) is 0 Å². The zero-order valence-corrected chi connectivity index (χ0v) is 14.1. The van der Waals surface area contributed by atoms with Gasteiger partial charge in [-0.05, 0) is 24.2 Å². The van der Waals surface area contributed by atoms with Gasteiger partial charge in [-0.3, -0.25) is 9.59 Å². The highest BCUT2D eigenvalue weighted by Crippen LogP contribution is 2.33. The van der Waals surface area contributed by atoms with Gasteiger partial charge in [-0.25, -0.2) is 0 Å². The Morgan fingerprint density at radius 3 is 1.84 bits per heavy atom. The van der Waals surface area contributed by atoms with Crippen molar-refractivity contribution in [3.05, 3.63) is 0 Å². The number of hydrogen-bond acceptors (Lipinski definition) is 2. The summed E-state index contributed by atoms with van der Waals surface area (Å²) in [5.74, 6) is 0.252. The Bertz CT molecular complexity index is 321. The molecule has 2 heteroatoms. The van der Waals surface area contributed by atoms with Crippen molar-refractivity contribution in [1.29, 1.82) is 0 Å². The van der Waals surface area contributed by atoms with Crippen molar-refractivity contribution < 1.29 is 9.59 Å². The first kappa shape index (κ1) is 18.3. The molecule has 0 heterocycles. The molecule has 0 aromatic carbocycles. The number of hydrogen-bond donors (Lipinski definition) is 0. The fourth-order valence-corrected chi connectivity index (χ4v) is 2.07. The van der Waals surface area contributed by atoms with Crippen molar-refractivity contribution in [2.75, 3.05) is 0 Å². The summed E-state index contributed by atoms with van der Waals surface area (Å²) in [7, 11) is 0. The van der Waals surface area contributed by atoms with Crippen molar-refractivity contribution in [2.45, 2.75) is 74.7 Å². The summed E-state index contributed by atoms with van der Waals surface area (Å²) in [4.78, 5) is 24.1. The molecule has 0 aliphatic heterocycles. The minimum atomic E-state index is -0.118. The zero-order valence-electron chi connectivity index (χ0n) is 14.1. The monoisotopic (exact) mass is 268 g/mol. The Labute approximate surface area is 119 Å². The minimum absolute atomic E-state index is 0.000844. The third-order valence-corrected chi connectivity index (χ3v) is 4.56. The summed E-state index contributed by atoms with van der Waals surface area (Å²) in [6.07, 6.45) is 2.23. The molecule has 0 bridgehead atoms. The number of carbonyl (C=O) groups is 2. The average Bonchev–Trinajstić information content (AvgIpc) is 2.25. The van der Waals surface area contributed by atoms with Gasteiger partial charge in [0.25, 0.3) is 0 Å². The van der Waals surface area contributed by atoms with Crippen molar-refractivity contribution in [3.63, 3.8) is 0 Å². The lowest BCUT2D eigenvalue weighted by molar-refractivity contribution is -0.131. The molecule has 1 unspecified atom stereocenters. The van der Waals surface area contributed by atoms with E-state index in [-0.39, 0.29) is 34.2 Å². The number of Topliss-reactive ketones (excluding diaryl/α,β-unsaturated/α-hetero) is 2. The van der Waals surface area contributed by atoms with Crippen molar-refractivity contribution in [2.24, 2.45) is 22.7 Å². The molecule has 0 fully saturated rings. The maximum atomic E-state index is 12.3. The predicted octanol–water partition coefficient (Wildman–Crippen LogP) is 4.66. The fraction of sp³-hybridized carbons (Fsp3) is 0.882. The third-order valence-electron chi connectivity index (χ3n) is 4.56. The molecule has 112 valence electrons. The molecule has 19 heavy (non-hydrogen) atoms. The molecule has 0 saturated carbocycles. The molecule has 0 spiro atoms. The van der Waals surface area contributed by atoms with Crippen LogP contribution in [0.2, 0.25) is 0 Å². The highest BCUT2D eigenvalue weighted by molar-refractivity contribution is 5.88. The third kappa shape index (κ3) is 6.35.